The van der Waals surface area contributed by atoms with Gasteiger partial charge in [0.05, 0.1) is 12.7 Å². The van der Waals surface area contributed by atoms with Crippen LogP contribution in [0.15, 0.2) is 11.3 Å². The third kappa shape index (κ3) is 3.06. The second-order valence-electron chi connectivity index (χ2n) is 3.23. The summed E-state index contributed by atoms with van der Waals surface area (Å²) in [5, 5.41) is 18.9. The normalized spacial score (nSPS) is 13.6. The number of hydrogen-bond acceptors (Lipinski definition) is 4. The van der Waals surface area contributed by atoms with E-state index in [1.165, 1.54) is 21.0 Å². The second kappa shape index (κ2) is 4.28. The SMILES string of the molecule is CC/C(O)=C(\C(=O)OC)C(C)(C)O. The molecule has 0 aromatic heterocycles. The van der Waals surface area contributed by atoms with Gasteiger partial charge >= 0.3 is 5.97 Å². The van der Waals surface area contributed by atoms with Crippen molar-refractivity contribution in [1.82, 2.24) is 0 Å². The lowest BCUT2D eigenvalue weighted by atomic mass is 9.96. The van der Waals surface area contributed by atoms with Gasteiger partial charge in [-0.15, -0.1) is 0 Å². The summed E-state index contributed by atoms with van der Waals surface area (Å²) in [5.74, 6) is -0.841. The van der Waals surface area contributed by atoms with Gasteiger partial charge in [0, 0.05) is 6.42 Å². The van der Waals surface area contributed by atoms with Crippen LogP contribution in [-0.2, 0) is 9.53 Å². The van der Waals surface area contributed by atoms with Crippen molar-refractivity contribution in [2.75, 3.05) is 7.11 Å². The van der Waals surface area contributed by atoms with Crippen molar-refractivity contribution >= 4 is 5.97 Å². The van der Waals surface area contributed by atoms with E-state index in [9.17, 15) is 15.0 Å². The van der Waals surface area contributed by atoms with Gasteiger partial charge in [0.2, 0.25) is 0 Å². The monoisotopic (exact) mass is 188 g/mol. The molecule has 0 aliphatic heterocycles. The molecule has 4 heteroatoms. The third-order valence-electron chi connectivity index (χ3n) is 1.62. The van der Waals surface area contributed by atoms with Crippen LogP contribution in [0.3, 0.4) is 0 Å². The lowest BCUT2D eigenvalue weighted by molar-refractivity contribution is -0.138. The number of aliphatic hydroxyl groups excluding tert-OH is 1. The zero-order chi connectivity index (χ0) is 10.6. The highest BCUT2D eigenvalue weighted by Gasteiger charge is 2.30. The zero-order valence-corrected chi connectivity index (χ0v) is 8.42. The Balaban J connectivity index is 5.11. The van der Waals surface area contributed by atoms with Gasteiger partial charge in [-0.25, -0.2) is 4.79 Å². The Kier molecular flexibility index (Phi) is 3.94. The number of rotatable bonds is 3. The molecule has 76 valence electrons. The summed E-state index contributed by atoms with van der Waals surface area (Å²) < 4.78 is 4.45. The Labute approximate surface area is 77.8 Å². The quantitative estimate of drug-likeness (QED) is 0.396. The molecule has 0 radical (unpaired) electrons. The molecule has 2 N–H and O–H groups in total. The molecule has 0 aliphatic rings. The van der Waals surface area contributed by atoms with E-state index in [2.05, 4.69) is 4.74 Å². The van der Waals surface area contributed by atoms with Crippen LogP contribution in [0.5, 0.6) is 0 Å². The fourth-order valence-corrected chi connectivity index (χ4v) is 1.000. The smallest absolute Gasteiger partial charge is 0.340 e. The van der Waals surface area contributed by atoms with E-state index >= 15 is 0 Å². The van der Waals surface area contributed by atoms with Crippen molar-refractivity contribution < 1.29 is 19.7 Å². The van der Waals surface area contributed by atoms with E-state index in [0.717, 1.165) is 0 Å². The maximum absolute atomic E-state index is 11.2. The lowest BCUT2D eigenvalue weighted by Crippen LogP contribution is -2.30. The molecule has 0 aliphatic carbocycles. The first kappa shape index (κ1) is 12.0. The van der Waals surface area contributed by atoms with Crippen LogP contribution >= 0.6 is 0 Å². The van der Waals surface area contributed by atoms with Gasteiger partial charge < -0.3 is 14.9 Å². The fraction of sp³-hybridized carbons (Fsp3) is 0.667. The number of aliphatic hydroxyl groups is 2. The lowest BCUT2D eigenvalue weighted by Gasteiger charge is -2.20. The standard InChI is InChI=1S/C9H16O4/c1-5-6(10)7(8(11)13-4)9(2,3)12/h10,12H,5H2,1-4H3/b7-6-. The Hall–Kier alpha value is -1.03. The van der Waals surface area contributed by atoms with E-state index in [-0.39, 0.29) is 17.8 Å². The minimum absolute atomic E-state index is 0.0856. The molecule has 0 unspecified atom stereocenters. The van der Waals surface area contributed by atoms with Gasteiger partial charge in [-0.2, -0.15) is 0 Å². The molecule has 0 amide bonds. The first-order chi connectivity index (χ1) is 5.84. The molecule has 0 atom stereocenters. The molecule has 0 fully saturated rings. The summed E-state index contributed by atoms with van der Waals surface area (Å²) in [6.45, 7) is 4.53. The predicted molar refractivity (Wildman–Crippen MR) is 48.3 cm³/mol. The van der Waals surface area contributed by atoms with E-state index in [0.29, 0.717) is 0 Å². The van der Waals surface area contributed by atoms with Gasteiger partial charge in [-0.05, 0) is 13.8 Å². The largest absolute Gasteiger partial charge is 0.512 e. The van der Waals surface area contributed by atoms with Crippen molar-refractivity contribution in [3.63, 3.8) is 0 Å². The Morgan fingerprint density at radius 2 is 1.92 bits per heavy atom. The third-order valence-corrected chi connectivity index (χ3v) is 1.62. The maximum Gasteiger partial charge on any atom is 0.340 e. The number of hydrogen-bond donors (Lipinski definition) is 2. The minimum atomic E-state index is -1.38. The average Bonchev–Trinajstić information content (AvgIpc) is 2.01. The van der Waals surface area contributed by atoms with Crippen LogP contribution in [0.1, 0.15) is 27.2 Å². The summed E-state index contributed by atoms with van der Waals surface area (Å²) in [7, 11) is 1.21. The zero-order valence-electron chi connectivity index (χ0n) is 8.42. The molecule has 0 saturated heterocycles. The van der Waals surface area contributed by atoms with Crippen LogP contribution < -0.4 is 0 Å². The molecule has 0 aromatic carbocycles. The number of ether oxygens (including phenoxy) is 1. The molecule has 0 rings (SSSR count). The van der Waals surface area contributed by atoms with Crippen molar-refractivity contribution in [3.8, 4) is 0 Å². The van der Waals surface area contributed by atoms with Gasteiger partial charge in [-0.3, -0.25) is 0 Å². The number of carbonyl (C=O) groups excluding carboxylic acids is 1. The van der Waals surface area contributed by atoms with E-state index < -0.39 is 11.6 Å². The predicted octanol–water partition coefficient (Wildman–Crippen LogP) is 1.15. The van der Waals surface area contributed by atoms with E-state index in [1.807, 2.05) is 0 Å². The summed E-state index contributed by atoms with van der Waals surface area (Å²) in [6, 6.07) is 0. The van der Waals surface area contributed by atoms with Gasteiger partial charge in [0.25, 0.3) is 0 Å². The summed E-state index contributed by atoms with van der Waals surface area (Å²) in [4.78, 5) is 11.2. The van der Waals surface area contributed by atoms with Crippen LogP contribution in [0.2, 0.25) is 0 Å². The van der Waals surface area contributed by atoms with Crippen molar-refractivity contribution in [1.29, 1.82) is 0 Å². The van der Waals surface area contributed by atoms with Crippen LogP contribution in [0.4, 0.5) is 0 Å². The average molecular weight is 188 g/mol. The second-order valence-corrected chi connectivity index (χ2v) is 3.23. The van der Waals surface area contributed by atoms with Crippen LogP contribution in [-0.4, -0.2) is 28.9 Å². The van der Waals surface area contributed by atoms with Crippen LogP contribution in [0, 0.1) is 0 Å². The number of esters is 1. The molecule has 0 heterocycles. The highest BCUT2D eigenvalue weighted by Crippen LogP contribution is 2.21. The highest BCUT2D eigenvalue weighted by atomic mass is 16.5. The topological polar surface area (TPSA) is 66.8 Å². The first-order valence-corrected chi connectivity index (χ1v) is 4.07. The molecular formula is C9H16O4. The Morgan fingerprint density at radius 3 is 2.15 bits per heavy atom. The Bertz CT molecular complexity index is 222. The van der Waals surface area contributed by atoms with Gasteiger partial charge in [-0.1, -0.05) is 6.92 Å². The Morgan fingerprint density at radius 1 is 1.46 bits per heavy atom. The molecule has 4 nitrogen and oxygen atoms in total. The van der Waals surface area contributed by atoms with Gasteiger partial charge in [0.1, 0.15) is 11.3 Å². The van der Waals surface area contributed by atoms with Gasteiger partial charge in [0.15, 0.2) is 0 Å². The van der Waals surface area contributed by atoms with Crippen molar-refractivity contribution in [2.24, 2.45) is 0 Å². The molecule has 0 bridgehead atoms. The highest BCUT2D eigenvalue weighted by molar-refractivity contribution is 5.90. The van der Waals surface area contributed by atoms with Crippen molar-refractivity contribution in [2.45, 2.75) is 32.8 Å². The molecule has 0 spiro atoms. The number of carbonyl (C=O) groups is 1. The van der Waals surface area contributed by atoms with Crippen molar-refractivity contribution in [3.05, 3.63) is 11.3 Å². The maximum atomic E-state index is 11.2. The first-order valence-electron chi connectivity index (χ1n) is 4.07. The van der Waals surface area contributed by atoms with E-state index in [1.54, 1.807) is 6.92 Å². The molecule has 13 heavy (non-hydrogen) atoms. The fourth-order valence-electron chi connectivity index (χ4n) is 1.000. The summed E-state index contributed by atoms with van der Waals surface area (Å²) in [6.07, 6.45) is 0.286. The number of methoxy groups -OCH3 is 1. The number of allylic oxidation sites excluding steroid dienone is 1. The molecular weight excluding hydrogens is 172 g/mol. The van der Waals surface area contributed by atoms with E-state index in [4.69, 9.17) is 0 Å². The van der Waals surface area contributed by atoms with Crippen LogP contribution in [0.25, 0.3) is 0 Å². The molecule has 0 aromatic rings. The summed E-state index contributed by atoms with van der Waals surface area (Å²) >= 11 is 0. The molecule has 0 saturated carbocycles. The minimum Gasteiger partial charge on any atom is -0.512 e. The summed E-state index contributed by atoms with van der Waals surface area (Å²) in [5.41, 5.74) is -1.47.